The van der Waals surface area contributed by atoms with Gasteiger partial charge in [-0.3, -0.25) is 4.68 Å². The van der Waals surface area contributed by atoms with Crippen molar-refractivity contribution in [3.8, 4) is 5.75 Å². The van der Waals surface area contributed by atoms with Crippen molar-refractivity contribution >= 4 is 0 Å². The Kier molecular flexibility index (Phi) is 4.97. The molecule has 3 aromatic rings. The van der Waals surface area contributed by atoms with Gasteiger partial charge in [0.2, 0.25) is 0 Å². The molecule has 26 heavy (non-hydrogen) atoms. The van der Waals surface area contributed by atoms with E-state index in [9.17, 15) is 4.39 Å². The van der Waals surface area contributed by atoms with Crippen LogP contribution in [0.1, 0.15) is 35.8 Å². The van der Waals surface area contributed by atoms with Crippen LogP contribution in [0.3, 0.4) is 0 Å². The van der Waals surface area contributed by atoms with Crippen LogP contribution in [-0.2, 0) is 19.7 Å². The van der Waals surface area contributed by atoms with E-state index >= 15 is 0 Å². The number of rotatable bonds is 6. The van der Waals surface area contributed by atoms with Crippen molar-refractivity contribution in [2.75, 3.05) is 0 Å². The highest BCUT2D eigenvalue weighted by molar-refractivity contribution is 5.22. The average molecular weight is 351 g/mol. The lowest BCUT2D eigenvalue weighted by Crippen LogP contribution is -2.27. The summed E-state index contributed by atoms with van der Waals surface area (Å²) >= 11 is 0. The lowest BCUT2D eigenvalue weighted by atomic mass is 10.0. The molecule has 1 aliphatic heterocycles. The van der Waals surface area contributed by atoms with Gasteiger partial charge in [0.25, 0.3) is 0 Å². The summed E-state index contributed by atoms with van der Waals surface area (Å²) in [6, 6.07) is 18.8. The van der Waals surface area contributed by atoms with Gasteiger partial charge >= 0.3 is 0 Å². The van der Waals surface area contributed by atoms with Crippen molar-refractivity contribution in [1.29, 1.82) is 0 Å². The van der Waals surface area contributed by atoms with Gasteiger partial charge in [0, 0.05) is 19.1 Å². The largest absolute Gasteiger partial charge is 0.487 e. The predicted octanol–water partition coefficient (Wildman–Crippen LogP) is 4.23. The zero-order valence-corrected chi connectivity index (χ0v) is 14.6. The molecule has 0 fully saturated rings. The number of benzene rings is 2. The van der Waals surface area contributed by atoms with E-state index in [0.717, 1.165) is 36.4 Å². The summed E-state index contributed by atoms with van der Waals surface area (Å²) in [6.07, 6.45) is 2.13. The number of aromatic nitrogens is 2. The van der Waals surface area contributed by atoms with Crippen molar-refractivity contribution in [1.82, 2.24) is 15.1 Å². The molecule has 0 bridgehead atoms. The third-order valence-electron chi connectivity index (χ3n) is 4.65. The van der Waals surface area contributed by atoms with Crippen LogP contribution in [-0.4, -0.2) is 9.78 Å². The summed E-state index contributed by atoms with van der Waals surface area (Å²) in [6.45, 7) is 2.03. The van der Waals surface area contributed by atoms with Gasteiger partial charge in [0.05, 0.1) is 5.69 Å². The van der Waals surface area contributed by atoms with E-state index in [1.54, 1.807) is 12.1 Å². The molecule has 1 atom stereocenters. The van der Waals surface area contributed by atoms with Crippen molar-refractivity contribution in [3.05, 3.63) is 83.4 Å². The Labute approximate surface area is 152 Å². The molecule has 4 rings (SSSR count). The van der Waals surface area contributed by atoms with Gasteiger partial charge in [-0.25, -0.2) is 4.39 Å². The third kappa shape index (κ3) is 3.94. The molecule has 2 aromatic carbocycles. The predicted molar refractivity (Wildman–Crippen MR) is 98.2 cm³/mol. The first kappa shape index (κ1) is 16.8. The van der Waals surface area contributed by atoms with Gasteiger partial charge in [-0.15, -0.1) is 0 Å². The number of aryl methyl sites for hydroxylation is 1. The maximum absolute atomic E-state index is 13.3. The molecule has 0 aliphatic carbocycles. The minimum atomic E-state index is -0.196. The summed E-state index contributed by atoms with van der Waals surface area (Å²) in [5, 5.41) is 8.22. The number of nitrogens with zero attached hydrogens (tertiary/aromatic N) is 2. The summed E-state index contributed by atoms with van der Waals surface area (Å²) in [4.78, 5) is 0. The Bertz CT molecular complexity index is 863. The fraction of sp³-hybridized carbons (Fsp3) is 0.286. The molecule has 5 heteroatoms. The molecule has 0 amide bonds. The highest BCUT2D eigenvalue weighted by atomic mass is 19.1. The first-order valence-corrected chi connectivity index (χ1v) is 9.00. The smallest absolute Gasteiger partial charge is 0.132 e. The van der Waals surface area contributed by atoms with Crippen LogP contribution in [0.4, 0.5) is 4.39 Å². The summed E-state index contributed by atoms with van der Waals surface area (Å²) in [5.41, 5.74) is 3.07. The molecule has 0 saturated heterocycles. The number of nitrogens with one attached hydrogen (secondary N) is 1. The van der Waals surface area contributed by atoms with E-state index in [1.807, 2.05) is 36.4 Å². The maximum Gasteiger partial charge on any atom is 0.132 e. The highest BCUT2D eigenvalue weighted by Gasteiger charge is 2.22. The van der Waals surface area contributed by atoms with Crippen LogP contribution in [0, 0.1) is 5.82 Å². The van der Waals surface area contributed by atoms with E-state index in [2.05, 4.69) is 21.2 Å². The summed E-state index contributed by atoms with van der Waals surface area (Å²) in [5.74, 6) is 0.651. The SMILES string of the molecule is Fc1cccc(CNC2CCCn3nc(COc4ccccc4)cc32)c1. The zero-order valence-electron chi connectivity index (χ0n) is 14.6. The topological polar surface area (TPSA) is 39.1 Å². The second-order valence-corrected chi connectivity index (χ2v) is 6.59. The zero-order chi connectivity index (χ0) is 17.8. The first-order chi connectivity index (χ1) is 12.8. The quantitative estimate of drug-likeness (QED) is 0.722. The van der Waals surface area contributed by atoms with Crippen LogP contribution in [0.15, 0.2) is 60.7 Å². The number of ether oxygens (including phenoxy) is 1. The van der Waals surface area contributed by atoms with Crippen LogP contribution in [0.25, 0.3) is 0 Å². The molecule has 0 radical (unpaired) electrons. The van der Waals surface area contributed by atoms with Crippen LogP contribution >= 0.6 is 0 Å². The molecule has 1 N–H and O–H groups in total. The number of fused-ring (bicyclic) bond motifs is 1. The second-order valence-electron chi connectivity index (χ2n) is 6.59. The highest BCUT2D eigenvalue weighted by Crippen LogP contribution is 2.26. The molecule has 134 valence electrons. The monoisotopic (exact) mass is 351 g/mol. The normalized spacial score (nSPS) is 16.3. The van der Waals surface area contributed by atoms with Crippen molar-refractivity contribution in [2.45, 2.75) is 38.6 Å². The van der Waals surface area contributed by atoms with Gasteiger partial charge in [0.1, 0.15) is 23.9 Å². The third-order valence-corrected chi connectivity index (χ3v) is 4.65. The molecular weight excluding hydrogens is 329 g/mol. The van der Waals surface area contributed by atoms with Crippen LogP contribution in [0.5, 0.6) is 5.75 Å². The molecule has 1 unspecified atom stereocenters. The molecule has 4 nitrogen and oxygen atoms in total. The molecule has 0 spiro atoms. The standard InChI is InChI=1S/C21H22FN3O/c22-17-7-4-6-16(12-17)14-23-20-10-5-11-25-21(20)13-18(24-25)15-26-19-8-2-1-3-9-19/h1-4,6-9,12-13,20,23H,5,10-11,14-15H2. The Balaban J connectivity index is 1.41. The van der Waals surface area contributed by atoms with Crippen LogP contribution in [0.2, 0.25) is 0 Å². The lowest BCUT2D eigenvalue weighted by molar-refractivity contribution is 0.298. The summed E-state index contributed by atoms with van der Waals surface area (Å²) < 4.78 is 21.2. The Morgan fingerprint density at radius 3 is 2.85 bits per heavy atom. The van der Waals surface area contributed by atoms with E-state index < -0.39 is 0 Å². The minimum absolute atomic E-state index is 0.196. The Morgan fingerprint density at radius 1 is 1.12 bits per heavy atom. The van der Waals surface area contributed by atoms with E-state index in [1.165, 1.54) is 11.8 Å². The van der Waals surface area contributed by atoms with E-state index in [4.69, 9.17) is 4.74 Å². The van der Waals surface area contributed by atoms with Gasteiger partial charge in [-0.05, 0) is 48.7 Å². The Morgan fingerprint density at radius 2 is 2.00 bits per heavy atom. The maximum atomic E-state index is 13.3. The average Bonchev–Trinajstić information content (AvgIpc) is 3.09. The molecule has 1 aromatic heterocycles. The fourth-order valence-electron chi connectivity index (χ4n) is 3.38. The number of para-hydroxylation sites is 1. The Hall–Kier alpha value is -2.66. The number of hydrogen-bond acceptors (Lipinski definition) is 3. The van der Waals surface area contributed by atoms with Crippen molar-refractivity contribution in [3.63, 3.8) is 0 Å². The van der Waals surface area contributed by atoms with Crippen LogP contribution < -0.4 is 10.1 Å². The fourth-order valence-corrected chi connectivity index (χ4v) is 3.38. The lowest BCUT2D eigenvalue weighted by Gasteiger charge is -2.24. The van der Waals surface area contributed by atoms with Crippen molar-refractivity contribution in [2.24, 2.45) is 0 Å². The second kappa shape index (κ2) is 7.70. The molecule has 0 saturated carbocycles. The van der Waals surface area contributed by atoms with Crippen molar-refractivity contribution < 1.29 is 9.13 Å². The van der Waals surface area contributed by atoms with Gasteiger partial charge < -0.3 is 10.1 Å². The first-order valence-electron chi connectivity index (χ1n) is 9.00. The number of hydrogen-bond donors (Lipinski definition) is 1. The van der Waals surface area contributed by atoms with E-state index in [-0.39, 0.29) is 11.9 Å². The molecular formula is C21H22FN3O. The molecule has 2 heterocycles. The van der Waals surface area contributed by atoms with Gasteiger partial charge in [0.15, 0.2) is 0 Å². The summed E-state index contributed by atoms with van der Waals surface area (Å²) in [7, 11) is 0. The molecule has 1 aliphatic rings. The van der Waals surface area contributed by atoms with Gasteiger partial charge in [-0.2, -0.15) is 5.10 Å². The minimum Gasteiger partial charge on any atom is -0.487 e. The number of halogens is 1. The van der Waals surface area contributed by atoms with Gasteiger partial charge in [-0.1, -0.05) is 30.3 Å². The van der Waals surface area contributed by atoms with E-state index in [0.29, 0.717) is 13.2 Å².